The van der Waals surface area contributed by atoms with Crippen LogP contribution >= 0.6 is 11.3 Å². The van der Waals surface area contributed by atoms with Crippen molar-refractivity contribution in [3.05, 3.63) is 22.4 Å². The molecule has 1 heterocycles. The largest absolute Gasteiger partial charge is 0.314 e. The first kappa shape index (κ1) is 11.2. The van der Waals surface area contributed by atoms with Gasteiger partial charge in [0.2, 0.25) is 0 Å². The van der Waals surface area contributed by atoms with Gasteiger partial charge in [-0.3, -0.25) is 0 Å². The molecule has 1 unspecified atom stereocenters. The lowest BCUT2D eigenvalue weighted by molar-refractivity contribution is 0.481. The lowest BCUT2D eigenvalue weighted by atomic mass is 10.1. The Labute approximate surface area is 96.9 Å². The molecule has 0 aromatic carbocycles. The molecule has 0 saturated heterocycles. The molecule has 0 radical (unpaired) electrons. The van der Waals surface area contributed by atoms with Gasteiger partial charge in [-0.25, -0.2) is 0 Å². The summed E-state index contributed by atoms with van der Waals surface area (Å²) in [7, 11) is 0. The number of rotatable bonds is 7. The molecule has 0 spiro atoms. The van der Waals surface area contributed by atoms with Gasteiger partial charge in [-0.15, -0.1) is 11.3 Å². The van der Waals surface area contributed by atoms with Crippen LogP contribution in [0.1, 0.15) is 37.5 Å². The Morgan fingerprint density at radius 1 is 1.53 bits per heavy atom. The molecule has 1 N–H and O–H groups in total. The smallest absolute Gasteiger partial charge is 0.0113 e. The van der Waals surface area contributed by atoms with E-state index in [1.807, 2.05) is 11.3 Å². The van der Waals surface area contributed by atoms with Gasteiger partial charge >= 0.3 is 0 Å². The molecule has 84 valence electrons. The summed E-state index contributed by atoms with van der Waals surface area (Å²) in [4.78, 5) is 1.51. The highest BCUT2D eigenvalue weighted by Crippen LogP contribution is 2.31. The van der Waals surface area contributed by atoms with Crippen LogP contribution in [0.25, 0.3) is 0 Å². The van der Waals surface area contributed by atoms with Crippen molar-refractivity contribution in [1.29, 1.82) is 0 Å². The van der Waals surface area contributed by atoms with Crippen LogP contribution in [0, 0.1) is 5.92 Å². The summed E-state index contributed by atoms with van der Waals surface area (Å²) in [5.74, 6) is 1.05. The molecule has 0 bridgehead atoms. The van der Waals surface area contributed by atoms with Gasteiger partial charge in [-0.2, -0.15) is 0 Å². The fraction of sp³-hybridized carbons (Fsp3) is 0.692. The molecule has 0 aliphatic heterocycles. The third-order valence-corrected chi connectivity index (χ3v) is 4.10. The van der Waals surface area contributed by atoms with Crippen molar-refractivity contribution in [2.24, 2.45) is 5.92 Å². The molecule has 1 fully saturated rings. The van der Waals surface area contributed by atoms with E-state index in [1.165, 1.54) is 43.5 Å². The van der Waals surface area contributed by atoms with Crippen LogP contribution in [0.2, 0.25) is 0 Å². The van der Waals surface area contributed by atoms with E-state index in [1.54, 1.807) is 0 Å². The first-order valence-corrected chi connectivity index (χ1v) is 7.02. The average molecular weight is 223 g/mol. The van der Waals surface area contributed by atoms with Crippen LogP contribution in [-0.4, -0.2) is 12.6 Å². The fourth-order valence-corrected chi connectivity index (χ4v) is 2.72. The second kappa shape index (κ2) is 5.66. The molecule has 1 aromatic heterocycles. The van der Waals surface area contributed by atoms with Crippen molar-refractivity contribution >= 4 is 11.3 Å². The monoisotopic (exact) mass is 223 g/mol. The second-order valence-electron chi connectivity index (χ2n) is 4.57. The van der Waals surface area contributed by atoms with E-state index >= 15 is 0 Å². The fourth-order valence-electron chi connectivity index (χ4n) is 1.93. The minimum absolute atomic E-state index is 0.683. The Kier molecular flexibility index (Phi) is 4.21. The normalized spacial score (nSPS) is 17.9. The van der Waals surface area contributed by atoms with Crippen molar-refractivity contribution in [1.82, 2.24) is 5.32 Å². The quantitative estimate of drug-likeness (QED) is 0.746. The van der Waals surface area contributed by atoms with E-state index < -0.39 is 0 Å². The lowest BCUT2D eigenvalue weighted by Gasteiger charge is -2.15. The minimum atomic E-state index is 0.683. The molecule has 1 atom stereocenters. The summed E-state index contributed by atoms with van der Waals surface area (Å²) < 4.78 is 0. The van der Waals surface area contributed by atoms with Gasteiger partial charge < -0.3 is 5.32 Å². The number of thiophene rings is 1. The van der Waals surface area contributed by atoms with Crippen LogP contribution in [0.3, 0.4) is 0 Å². The zero-order valence-corrected chi connectivity index (χ0v) is 10.4. The van der Waals surface area contributed by atoms with Crippen molar-refractivity contribution in [3.8, 4) is 0 Å². The summed E-state index contributed by atoms with van der Waals surface area (Å²) in [6, 6.07) is 5.08. The van der Waals surface area contributed by atoms with Gasteiger partial charge in [-0.1, -0.05) is 25.8 Å². The van der Waals surface area contributed by atoms with E-state index in [9.17, 15) is 0 Å². The standard InChI is InChI=1S/C13H21NS/c1-2-12(10-13-4-3-9-15-13)14-8-7-11-5-6-11/h3-4,9,11-12,14H,2,5-8,10H2,1H3. The van der Waals surface area contributed by atoms with Crippen molar-refractivity contribution in [2.75, 3.05) is 6.54 Å². The maximum absolute atomic E-state index is 3.69. The number of hydrogen-bond acceptors (Lipinski definition) is 2. The molecule has 1 aliphatic rings. The Bertz CT molecular complexity index is 264. The van der Waals surface area contributed by atoms with Gasteiger partial charge in [0.15, 0.2) is 0 Å². The Morgan fingerprint density at radius 3 is 3.00 bits per heavy atom. The predicted molar refractivity (Wildman–Crippen MR) is 67.4 cm³/mol. The van der Waals surface area contributed by atoms with Crippen molar-refractivity contribution in [2.45, 2.75) is 45.1 Å². The van der Waals surface area contributed by atoms with Crippen molar-refractivity contribution in [3.63, 3.8) is 0 Å². The minimum Gasteiger partial charge on any atom is -0.314 e. The third kappa shape index (κ3) is 3.96. The van der Waals surface area contributed by atoms with Crippen LogP contribution in [-0.2, 0) is 6.42 Å². The van der Waals surface area contributed by atoms with Gasteiger partial charge in [0.25, 0.3) is 0 Å². The van der Waals surface area contributed by atoms with E-state index in [2.05, 4.69) is 29.8 Å². The molecule has 1 aliphatic carbocycles. The molecule has 1 saturated carbocycles. The van der Waals surface area contributed by atoms with E-state index in [0.29, 0.717) is 6.04 Å². The molecule has 2 rings (SSSR count). The van der Waals surface area contributed by atoms with Crippen LogP contribution < -0.4 is 5.32 Å². The molecule has 2 heteroatoms. The van der Waals surface area contributed by atoms with Gasteiger partial charge in [0.1, 0.15) is 0 Å². The molecule has 1 aromatic rings. The van der Waals surface area contributed by atoms with Gasteiger partial charge in [0.05, 0.1) is 0 Å². The topological polar surface area (TPSA) is 12.0 Å². The Balaban J connectivity index is 1.66. The van der Waals surface area contributed by atoms with Gasteiger partial charge in [0, 0.05) is 10.9 Å². The third-order valence-electron chi connectivity index (χ3n) is 3.20. The SMILES string of the molecule is CCC(Cc1cccs1)NCCC1CC1. The summed E-state index contributed by atoms with van der Waals surface area (Å²) in [6.07, 6.45) is 6.79. The van der Waals surface area contributed by atoms with E-state index in [4.69, 9.17) is 0 Å². The average Bonchev–Trinajstić information content (AvgIpc) is 2.93. The van der Waals surface area contributed by atoms with Crippen LogP contribution in [0.4, 0.5) is 0 Å². The zero-order valence-electron chi connectivity index (χ0n) is 9.54. The lowest BCUT2D eigenvalue weighted by Crippen LogP contribution is -2.31. The first-order chi connectivity index (χ1) is 7.38. The molecule has 0 amide bonds. The highest BCUT2D eigenvalue weighted by atomic mass is 32.1. The molecular formula is C13H21NS. The summed E-state index contributed by atoms with van der Waals surface area (Å²) in [5, 5.41) is 5.86. The molecule has 15 heavy (non-hydrogen) atoms. The zero-order chi connectivity index (χ0) is 10.5. The highest BCUT2D eigenvalue weighted by Gasteiger charge is 2.20. The summed E-state index contributed by atoms with van der Waals surface area (Å²) >= 11 is 1.88. The Morgan fingerprint density at radius 2 is 2.40 bits per heavy atom. The van der Waals surface area contributed by atoms with E-state index in [-0.39, 0.29) is 0 Å². The highest BCUT2D eigenvalue weighted by molar-refractivity contribution is 7.09. The van der Waals surface area contributed by atoms with Crippen molar-refractivity contribution < 1.29 is 0 Å². The molecular weight excluding hydrogens is 202 g/mol. The maximum Gasteiger partial charge on any atom is 0.0113 e. The van der Waals surface area contributed by atoms with E-state index in [0.717, 1.165) is 5.92 Å². The number of nitrogens with one attached hydrogen (secondary N) is 1. The predicted octanol–water partition coefficient (Wildman–Crippen LogP) is 3.46. The summed E-state index contributed by atoms with van der Waals surface area (Å²) in [5.41, 5.74) is 0. The van der Waals surface area contributed by atoms with Crippen LogP contribution in [0.15, 0.2) is 17.5 Å². The maximum atomic E-state index is 3.69. The number of hydrogen-bond donors (Lipinski definition) is 1. The van der Waals surface area contributed by atoms with Gasteiger partial charge in [-0.05, 0) is 43.2 Å². The molecule has 1 nitrogen and oxygen atoms in total. The second-order valence-corrected chi connectivity index (χ2v) is 5.61. The first-order valence-electron chi connectivity index (χ1n) is 6.14. The summed E-state index contributed by atoms with van der Waals surface area (Å²) in [6.45, 7) is 3.50. The van der Waals surface area contributed by atoms with Crippen LogP contribution in [0.5, 0.6) is 0 Å². The Hall–Kier alpha value is -0.340.